The molecule has 0 aliphatic carbocycles. The lowest BCUT2D eigenvalue weighted by Gasteiger charge is -2.12. The van der Waals surface area contributed by atoms with Crippen LogP contribution in [0.1, 0.15) is 0 Å². The van der Waals surface area contributed by atoms with E-state index in [1.165, 1.54) is 6.07 Å². The Labute approximate surface area is 150 Å². The Morgan fingerprint density at radius 1 is 0.720 bits per heavy atom. The van der Waals surface area contributed by atoms with Gasteiger partial charge in [-0.05, 0) is 29.0 Å². The van der Waals surface area contributed by atoms with Gasteiger partial charge in [0.2, 0.25) is 0 Å². The number of hydrogen-bond donors (Lipinski definition) is 0. The van der Waals surface area contributed by atoms with Crippen LogP contribution < -0.4 is 4.18 Å². The van der Waals surface area contributed by atoms with Gasteiger partial charge in [-0.25, -0.2) is 0 Å². The Bertz CT molecular complexity index is 1190. The standard InChI is InChI=1S/C20H13ClO3S/c21-17-11-3-8-15-9-5-13-19(20(15)17)25(22,23)24-18-12-4-7-14-6-1-2-10-16(14)18/h1-13H. The third-order valence-electron chi connectivity index (χ3n) is 4.03. The molecule has 0 heterocycles. The average Bonchev–Trinajstić information content (AvgIpc) is 2.62. The van der Waals surface area contributed by atoms with Gasteiger partial charge in [0.1, 0.15) is 4.90 Å². The summed E-state index contributed by atoms with van der Waals surface area (Å²) in [5, 5.41) is 3.23. The maximum Gasteiger partial charge on any atom is 0.339 e. The zero-order valence-corrected chi connectivity index (χ0v) is 14.6. The van der Waals surface area contributed by atoms with Gasteiger partial charge in [0.05, 0.1) is 0 Å². The second-order valence-electron chi connectivity index (χ2n) is 5.61. The third kappa shape index (κ3) is 2.84. The first-order chi connectivity index (χ1) is 12.1. The van der Waals surface area contributed by atoms with Crippen LogP contribution in [0.2, 0.25) is 5.02 Å². The fraction of sp³-hybridized carbons (Fsp3) is 0. The van der Waals surface area contributed by atoms with E-state index >= 15 is 0 Å². The molecule has 124 valence electrons. The Kier molecular flexibility index (Phi) is 3.86. The van der Waals surface area contributed by atoms with Crippen LogP contribution in [0.4, 0.5) is 0 Å². The quantitative estimate of drug-likeness (QED) is 0.454. The van der Waals surface area contributed by atoms with Crippen molar-refractivity contribution in [1.29, 1.82) is 0 Å². The summed E-state index contributed by atoms with van der Waals surface area (Å²) in [5.74, 6) is 0.294. The van der Waals surface area contributed by atoms with Crippen LogP contribution in [-0.4, -0.2) is 8.42 Å². The molecule has 0 saturated heterocycles. The lowest BCUT2D eigenvalue weighted by Crippen LogP contribution is -2.10. The van der Waals surface area contributed by atoms with E-state index in [4.69, 9.17) is 15.8 Å². The lowest BCUT2D eigenvalue weighted by molar-refractivity contribution is 0.489. The number of benzene rings is 4. The van der Waals surface area contributed by atoms with Gasteiger partial charge in [0.25, 0.3) is 0 Å². The molecule has 0 fully saturated rings. The maximum atomic E-state index is 12.9. The van der Waals surface area contributed by atoms with Crippen molar-refractivity contribution in [3.05, 3.63) is 83.9 Å². The first kappa shape index (κ1) is 15.9. The molecule has 0 aliphatic rings. The van der Waals surface area contributed by atoms with E-state index in [0.717, 1.165) is 16.2 Å². The molecule has 4 aromatic carbocycles. The number of halogens is 1. The highest BCUT2D eigenvalue weighted by Crippen LogP contribution is 2.33. The van der Waals surface area contributed by atoms with E-state index in [1.807, 2.05) is 42.5 Å². The Morgan fingerprint density at radius 2 is 1.36 bits per heavy atom. The summed E-state index contributed by atoms with van der Waals surface area (Å²) >= 11 is 6.25. The monoisotopic (exact) mass is 368 g/mol. The van der Waals surface area contributed by atoms with Crippen LogP contribution in [-0.2, 0) is 10.1 Å². The smallest absolute Gasteiger partial charge is 0.339 e. The van der Waals surface area contributed by atoms with Crippen molar-refractivity contribution < 1.29 is 12.6 Å². The molecule has 5 heteroatoms. The van der Waals surface area contributed by atoms with Crippen LogP contribution in [0, 0.1) is 0 Å². The summed E-state index contributed by atoms with van der Waals surface area (Å²) in [6.45, 7) is 0. The molecule has 0 bridgehead atoms. The predicted molar refractivity (Wildman–Crippen MR) is 101 cm³/mol. The van der Waals surface area contributed by atoms with Gasteiger partial charge in [-0.3, -0.25) is 0 Å². The van der Waals surface area contributed by atoms with Crippen molar-refractivity contribution in [3.63, 3.8) is 0 Å². The SMILES string of the molecule is O=S(=O)(Oc1cccc2ccccc12)c1cccc2cccc(Cl)c12. The Morgan fingerprint density at radius 3 is 2.20 bits per heavy atom. The zero-order valence-electron chi connectivity index (χ0n) is 13.0. The van der Waals surface area contributed by atoms with Crippen LogP contribution in [0.15, 0.2) is 83.8 Å². The van der Waals surface area contributed by atoms with Crippen molar-refractivity contribution in [1.82, 2.24) is 0 Å². The molecule has 0 radical (unpaired) electrons. The summed E-state index contributed by atoms with van der Waals surface area (Å²) in [4.78, 5) is 0.0588. The highest BCUT2D eigenvalue weighted by molar-refractivity contribution is 7.87. The van der Waals surface area contributed by atoms with Gasteiger partial charge in [-0.15, -0.1) is 0 Å². The molecule has 0 aliphatic heterocycles. The van der Waals surface area contributed by atoms with Crippen LogP contribution >= 0.6 is 11.6 Å². The summed E-state index contributed by atoms with van der Waals surface area (Å²) in [6, 6.07) is 23.1. The molecule has 0 spiro atoms. The highest BCUT2D eigenvalue weighted by Gasteiger charge is 2.22. The number of hydrogen-bond acceptors (Lipinski definition) is 3. The van der Waals surface area contributed by atoms with Crippen LogP contribution in [0.5, 0.6) is 5.75 Å². The van der Waals surface area contributed by atoms with Crippen LogP contribution in [0.25, 0.3) is 21.5 Å². The largest absolute Gasteiger partial charge is 0.378 e. The first-order valence-electron chi connectivity index (χ1n) is 7.66. The molecule has 0 saturated carbocycles. The molecule has 0 unspecified atom stereocenters. The molecule has 0 amide bonds. The first-order valence-corrected chi connectivity index (χ1v) is 9.44. The molecule has 25 heavy (non-hydrogen) atoms. The van der Waals surface area contributed by atoms with E-state index in [-0.39, 0.29) is 4.90 Å². The fourth-order valence-corrected chi connectivity index (χ4v) is 4.44. The molecule has 0 aromatic heterocycles. The highest BCUT2D eigenvalue weighted by atomic mass is 35.5. The minimum atomic E-state index is -4.04. The summed E-state index contributed by atoms with van der Waals surface area (Å²) in [6.07, 6.45) is 0. The number of rotatable bonds is 3. The normalized spacial score (nSPS) is 11.7. The molecule has 0 N–H and O–H groups in total. The average molecular weight is 369 g/mol. The van der Waals surface area contributed by atoms with Crippen molar-refractivity contribution >= 4 is 43.3 Å². The minimum absolute atomic E-state index is 0.0588. The van der Waals surface area contributed by atoms with Gasteiger partial charge in [-0.2, -0.15) is 8.42 Å². The zero-order chi connectivity index (χ0) is 17.4. The Balaban J connectivity index is 1.89. The van der Waals surface area contributed by atoms with Crippen LogP contribution in [0.3, 0.4) is 0 Å². The molecule has 0 atom stereocenters. The van der Waals surface area contributed by atoms with Gasteiger partial charge in [-0.1, -0.05) is 72.3 Å². The van der Waals surface area contributed by atoms with Gasteiger partial charge < -0.3 is 4.18 Å². The molecular weight excluding hydrogens is 356 g/mol. The summed E-state index contributed by atoms with van der Waals surface area (Å²) in [5.41, 5.74) is 0. The van der Waals surface area contributed by atoms with Crippen molar-refractivity contribution in [2.24, 2.45) is 0 Å². The summed E-state index contributed by atoms with van der Waals surface area (Å²) < 4.78 is 31.3. The second kappa shape index (κ2) is 6.06. The van der Waals surface area contributed by atoms with E-state index in [0.29, 0.717) is 16.2 Å². The third-order valence-corrected chi connectivity index (χ3v) is 5.63. The molecular formula is C20H13ClO3S. The minimum Gasteiger partial charge on any atom is -0.378 e. The van der Waals surface area contributed by atoms with Gasteiger partial charge in [0.15, 0.2) is 5.75 Å². The molecule has 3 nitrogen and oxygen atoms in total. The van der Waals surface area contributed by atoms with E-state index < -0.39 is 10.1 Å². The predicted octanol–water partition coefficient (Wildman–Crippen LogP) is 5.41. The van der Waals surface area contributed by atoms with Gasteiger partial charge >= 0.3 is 10.1 Å². The second-order valence-corrected chi connectivity index (χ2v) is 7.53. The van der Waals surface area contributed by atoms with Crippen molar-refractivity contribution in [3.8, 4) is 5.75 Å². The topological polar surface area (TPSA) is 43.4 Å². The van der Waals surface area contributed by atoms with Crippen molar-refractivity contribution in [2.75, 3.05) is 0 Å². The lowest BCUT2D eigenvalue weighted by atomic mass is 10.1. The maximum absolute atomic E-state index is 12.9. The fourth-order valence-electron chi connectivity index (χ4n) is 2.90. The van der Waals surface area contributed by atoms with Crippen molar-refractivity contribution in [2.45, 2.75) is 4.90 Å². The molecule has 4 rings (SSSR count). The van der Waals surface area contributed by atoms with E-state index in [9.17, 15) is 8.42 Å². The van der Waals surface area contributed by atoms with Gasteiger partial charge in [0, 0.05) is 15.8 Å². The van der Waals surface area contributed by atoms with E-state index in [2.05, 4.69) is 0 Å². The van der Waals surface area contributed by atoms with E-state index in [1.54, 1.807) is 30.3 Å². The number of fused-ring (bicyclic) bond motifs is 2. The summed E-state index contributed by atoms with van der Waals surface area (Å²) in [7, 11) is -4.04. The Hall–Kier alpha value is -2.56. The molecule has 4 aromatic rings.